The molecule has 0 amide bonds. The van der Waals surface area contributed by atoms with E-state index in [1.165, 1.54) is 11.6 Å². The monoisotopic (exact) mass is 287 g/mol. The zero-order valence-corrected chi connectivity index (χ0v) is 12.8. The molecule has 0 radical (unpaired) electrons. The minimum atomic E-state index is -1.06. The Morgan fingerprint density at radius 3 is 2.29 bits per heavy atom. The van der Waals surface area contributed by atoms with Gasteiger partial charge in [-0.15, -0.1) is 0 Å². The van der Waals surface area contributed by atoms with Crippen LogP contribution in [0.15, 0.2) is 42.6 Å². The highest BCUT2D eigenvalue weighted by Gasteiger charge is 2.29. The van der Waals surface area contributed by atoms with Gasteiger partial charge in [-0.05, 0) is 35.6 Å². The molecule has 21 heavy (non-hydrogen) atoms. The predicted octanol–water partition coefficient (Wildman–Crippen LogP) is 4.18. The molecule has 0 aliphatic rings. The smallest absolute Gasteiger partial charge is 0.141 e. The fourth-order valence-electron chi connectivity index (χ4n) is 2.41. The van der Waals surface area contributed by atoms with Crippen LogP contribution in [-0.4, -0.2) is 10.1 Å². The second-order valence-electron chi connectivity index (χ2n) is 5.82. The summed E-state index contributed by atoms with van der Waals surface area (Å²) in [5.74, 6) is 0.0985. The van der Waals surface area contributed by atoms with E-state index in [1.807, 2.05) is 19.1 Å². The molecular weight excluding hydrogens is 265 g/mol. The maximum absolute atomic E-state index is 13.0. The van der Waals surface area contributed by atoms with Gasteiger partial charge in [0.25, 0.3) is 0 Å². The van der Waals surface area contributed by atoms with E-state index >= 15 is 0 Å². The summed E-state index contributed by atoms with van der Waals surface area (Å²) in [5, 5.41) is 10.8. The summed E-state index contributed by atoms with van der Waals surface area (Å²) in [6, 6.07) is 11.2. The number of hydrogen-bond acceptors (Lipinski definition) is 2. The molecule has 3 heteroatoms. The van der Waals surface area contributed by atoms with E-state index in [9.17, 15) is 9.50 Å². The van der Waals surface area contributed by atoms with Gasteiger partial charge in [-0.1, -0.05) is 45.0 Å². The van der Waals surface area contributed by atoms with Gasteiger partial charge in [-0.2, -0.15) is 0 Å². The van der Waals surface area contributed by atoms with Crippen LogP contribution in [-0.2, 0) is 12.0 Å². The lowest BCUT2D eigenvalue weighted by atomic mass is 9.87. The van der Waals surface area contributed by atoms with Crippen LogP contribution in [0.25, 0.3) is 0 Å². The summed E-state index contributed by atoms with van der Waals surface area (Å²) in [4.78, 5) is 4.04. The van der Waals surface area contributed by atoms with Crippen LogP contribution in [0.2, 0.25) is 0 Å². The molecule has 0 fully saturated rings. The molecule has 1 heterocycles. The van der Waals surface area contributed by atoms with Crippen LogP contribution >= 0.6 is 0 Å². The molecule has 2 rings (SSSR count). The third-order valence-electron chi connectivity index (χ3n) is 3.93. The van der Waals surface area contributed by atoms with Gasteiger partial charge < -0.3 is 5.11 Å². The molecule has 0 saturated heterocycles. The van der Waals surface area contributed by atoms with E-state index in [0.717, 1.165) is 11.8 Å². The van der Waals surface area contributed by atoms with Crippen LogP contribution < -0.4 is 0 Å². The number of hydrogen-bond donors (Lipinski definition) is 1. The fourth-order valence-corrected chi connectivity index (χ4v) is 2.41. The number of aromatic nitrogens is 1. The topological polar surface area (TPSA) is 33.1 Å². The van der Waals surface area contributed by atoms with E-state index in [0.29, 0.717) is 24.5 Å². The van der Waals surface area contributed by atoms with Crippen molar-refractivity contribution in [3.8, 4) is 0 Å². The molecule has 0 spiro atoms. The van der Waals surface area contributed by atoms with Crippen molar-refractivity contribution in [2.75, 3.05) is 0 Å². The van der Waals surface area contributed by atoms with Crippen molar-refractivity contribution in [2.24, 2.45) is 0 Å². The first-order valence-electron chi connectivity index (χ1n) is 7.38. The summed E-state index contributed by atoms with van der Waals surface area (Å²) in [6.45, 7) is 6.22. The Bertz CT molecular complexity index is 577. The molecule has 1 aromatic heterocycles. The Kier molecular flexibility index (Phi) is 4.73. The maximum atomic E-state index is 13.0. The van der Waals surface area contributed by atoms with Crippen molar-refractivity contribution in [3.05, 3.63) is 65.2 Å². The van der Waals surface area contributed by atoms with Crippen LogP contribution in [0.1, 0.15) is 49.9 Å². The minimum Gasteiger partial charge on any atom is -0.383 e. The van der Waals surface area contributed by atoms with Crippen LogP contribution in [0.3, 0.4) is 0 Å². The lowest BCUT2D eigenvalue weighted by Crippen LogP contribution is -2.29. The molecule has 2 nitrogen and oxygen atoms in total. The van der Waals surface area contributed by atoms with Crippen molar-refractivity contribution in [2.45, 2.75) is 45.1 Å². The van der Waals surface area contributed by atoms with Gasteiger partial charge in [0, 0.05) is 6.42 Å². The highest BCUT2D eigenvalue weighted by atomic mass is 19.1. The van der Waals surface area contributed by atoms with Gasteiger partial charge in [0.15, 0.2) is 0 Å². The SMILES string of the molecule is CCC(O)(Cc1ccc(C(C)C)cc1)c1ccc(F)cn1. The van der Waals surface area contributed by atoms with E-state index in [1.54, 1.807) is 6.07 Å². The molecule has 0 bridgehead atoms. The summed E-state index contributed by atoms with van der Waals surface area (Å²) in [6.07, 6.45) is 2.15. The second kappa shape index (κ2) is 6.35. The first kappa shape index (κ1) is 15.6. The molecule has 1 aromatic carbocycles. The highest BCUT2D eigenvalue weighted by Crippen LogP contribution is 2.28. The summed E-state index contributed by atoms with van der Waals surface area (Å²) >= 11 is 0. The Hall–Kier alpha value is -1.74. The number of pyridine rings is 1. The minimum absolute atomic E-state index is 0.390. The highest BCUT2D eigenvalue weighted by molar-refractivity contribution is 5.27. The third-order valence-corrected chi connectivity index (χ3v) is 3.93. The summed E-state index contributed by atoms with van der Waals surface area (Å²) < 4.78 is 13.0. The molecular formula is C18H22FNO. The lowest BCUT2D eigenvalue weighted by molar-refractivity contribution is 0.0282. The van der Waals surface area contributed by atoms with Crippen molar-refractivity contribution >= 4 is 0 Å². The summed E-state index contributed by atoms with van der Waals surface area (Å²) in [7, 11) is 0. The van der Waals surface area contributed by atoms with Crippen LogP contribution in [0, 0.1) is 5.82 Å². The van der Waals surface area contributed by atoms with Crippen LogP contribution in [0.5, 0.6) is 0 Å². The van der Waals surface area contributed by atoms with Gasteiger partial charge in [0.05, 0.1) is 11.9 Å². The number of benzene rings is 1. The molecule has 0 saturated carbocycles. The van der Waals surface area contributed by atoms with Crippen molar-refractivity contribution in [1.82, 2.24) is 4.98 Å². The molecule has 1 N–H and O–H groups in total. The van der Waals surface area contributed by atoms with Gasteiger partial charge in [-0.25, -0.2) is 4.39 Å². The van der Waals surface area contributed by atoms with Gasteiger partial charge in [0.1, 0.15) is 11.4 Å². The predicted molar refractivity (Wildman–Crippen MR) is 82.6 cm³/mol. The standard InChI is InChI=1S/C18H22FNO/c1-4-18(21,17-10-9-16(19)12-20-17)11-14-5-7-15(8-6-14)13(2)3/h5-10,12-13,21H,4,11H2,1-3H3. The van der Waals surface area contributed by atoms with E-state index in [4.69, 9.17) is 0 Å². The van der Waals surface area contributed by atoms with E-state index < -0.39 is 11.4 Å². The average molecular weight is 287 g/mol. The van der Waals surface area contributed by atoms with Crippen molar-refractivity contribution < 1.29 is 9.50 Å². The number of rotatable bonds is 5. The number of nitrogens with zero attached hydrogens (tertiary/aromatic N) is 1. The second-order valence-corrected chi connectivity index (χ2v) is 5.82. The summed E-state index contributed by atoms with van der Waals surface area (Å²) in [5.41, 5.74) is 1.78. The lowest BCUT2D eigenvalue weighted by Gasteiger charge is -2.26. The third kappa shape index (κ3) is 3.67. The average Bonchev–Trinajstić information content (AvgIpc) is 2.48. The quantitative estimate of drug-likeness (QED) is 0.894. The first-order valence-corrected chi connectivity index (χ1v) is 7.38. The Morgan fingerprint density at radius 1 is 1.14 bits per heavy atom. The van der Waals surface area contributed by atoms with Crippen molar-refractivity contribution in [3.63, 3.8) is 0 Å². The molecule has 1 atom stereocenters. The Labute approximate surface area is 125 Å². The molecule has 0 aliphatic heterocycles. The Balaban J connectivity index is 2.23. The maximum Gasteiger partial charge on any atom is 0.141 e. The van der Waals surface area contributed by atoms with E-state index in [2.05, 4.69) is 31.0 Å². The van der Waals surface area contributed by atoms with Gasteiger partial charge in [-0.3, -0.25) is 4.98 Å². The fraction of sp³-hybridized carbons (Fsp3) is 0.389. The van der Waals surface area contributed by atoms with Crippen LogP contribution in [0.4, 0.5) is 4.39 Å². The first-order chi connectivity index (χ1) is 9.94. The largest absolute Gasteiger partial charge is 0.383 e. The normalized spacial score (nSPS) is 14.2. The number of halogens is 1. The zero-order chi connectivity index (χ0) is 15.5. The Morgan fingerprint density at radius 2 is 1.81 bits per heavy atom. The molecule has 2 aromatic rings. The molecule has 0 aliphatic carbocycles. The van der Waals surface area contributed by atoms with E-state index in [-0.39, 0.29) is 0 Å². The molecule has 112 valence electrons. The van der Waals surface area contributed by atoms with Crippen molar-refractivity contribution in [1.29, 1.82) is 0 Å². The van der Waals surface area contributed by atoms with Gasteiger partial charge >= 0.3 is 0 Å². The van der Waals surface area contributed by atoms with Gasteiger partial charge in [0.2, 0.25) is 0 Å². The zero-order valence-electron chi connectivity index (χ0n) is 12.8. The number of aliphatic hydroxyl groups is 1. The molecule has 1 unspecified atom stereocenters.